The third-order valence-electron chi connectivity index (χ3n) is 3.57. The molecule has 2 aromatic rings. The zero-order valence-corrected chi connectivity index (χ0v) is 13.1. The molecule has 0 bridgehead atoms. The first kappa shape index (κ1) is 15.4. The van der Waals surface area contributed by atoms with Gasteiger partial charge in [-0.3, -0.25) is 0 Å². The first-order valence-corrected chi connectivity index (χ1v) is 7.21. The van der Waals surface area contributed by atoms with E-state index in [1.165, 1.54) is 11.1 Å². The lowest BCUT2D eigenvalue weighted by atomic mass is 9.96. The molecule has 0 spiro atoms. The number of nitrogens with one attached hydrogen (secondary N) is 1. The fourth-order valence-electron chi connectivity index (χ4n) is 2.44. The molecule has 3 nitrogen and oxygen atoms in total. The van der Waals surface area contributed by atoms with Crippen LogP contribution in [0, 0.1) is 6.92 Å². The van der Waals surface area contributed by atoms with Gasteiger partial charge in [0.15, 0.2) is 0 Å². The van der Waals surface area contributed by atoms with Gasteiger partial charge in [0.05, 0.1) is 20.3 Å². The molecule has 112 valence electrons. The predicted molar refractivity (Wildman–Crippen MR) is 86.2 cm³/mol. The van der Waals surface area contributed by atoms with Crippen LogP contribution in [-0.2, 0) is 0 Å². The SMILES string of the molecule is CCNC(c1ccc(C)cc1)c1cc(OC)ccc1OC. The first-order chi connectivity index (χ1) is 10.2. The van der Waals surface area contributed by atoms with E-state index in [9.17, 15) is 0 Å². The second-order valence-corrected chi connectivity index (χ2v) is 5.01. The molecule has 1 N–H and O–H groups in total. The summed E-state index contributed by atoms with van der Waals surface area (Å²) in [7, 11) is 3.38. The van der Waals surface area contributed by atoms with E-state index in [0.717, 1.165) is 23.6 Å². The molecule has 1 atom stereocenters. The third-order valence-corrected chi connectivity index (χ3v) is 3.57. The van der Waals surface area contributed by atoms with Crippen LogP contribution >= 0.6 is 0 Å². The number of hydrogen-bond acceptors (Lipinski definition) is 3. The Morgan fingerprint density at radius 3 is 2.29 bits per heavy atom. The molecule has 0 saturated carbocycles. The Morgan fingerprint density at radius 2 is 1.71 bits per heavy atom. The van der Waals surface area contributed by atoms with Crippen molar-refractivity contribution in [2.45, 2.75) is 19.9 Å². The summed E-state index contributed by atoms with van der Waals surface area (Å²) in [6.45, 7) is 5.07. The molecule has 0 aromatic heterocycles. The summed E-state index contributed by atoms with van der Waals surface area (Å²) in [5.74, 6) is 1.70. The van der Waals surface area contributed by atoms with E-state index in [1.54, 1.807) is 14.2 Å². The largest absolute Gasteiger partial charge is 0.497 e. The number of aryl methyl sites for hydroxylation is 1. The van der Waals surface area contributed by atoms with E-state index in [4.69, 9.17) is 9.47 Å². The van der Waals surface area contributed by atoms with E-state index >= 15 is 0 Å². The summed E-state index contributed by atoms with van der Waals surface area (Å²) in [6.07, 6.45) is 0. The minimum Gasteiger partial charge on any atom is -0.497 e. The highest BCUT2D eigenvalue weighted by Crippen LogP contribution is 2.33. The van der Waals surface area contributed by atoms with Gasteiger partial charge in [-0.15, -0.1) is 0 Å². The third kappa shape index (κ3) is 3.56. The summed E-state index contributed by atoms with van der Waals surface area (Å²) in [6, 6.07) is 14.6. The van der Waals surface area contributed by atoms with E-state index in [0.29, 0.717) is 0 Å². The average molecular weight is 285 g/mol. The van der Waals surface area contributed by atoms with Crippen LogP contribution in [0.4, 0.5) is 0 Å². The molecule has 0 radical (unpaired) electrons. The summed E-state index contributed by atoms with van der Waals surface area (Å²) in [5.41, 5.74) is 3.56. The molecule has 0 fully saturated rings. The second-order valence-electron chi connectivity index (χ2n) is 5.01. The lowest BCUT2D eigenvalue weighted by Gasteiger charge is -2.22. The zero-order chi connectivity index (χ0) is 15.2. The molecule has 21 heavy (non-hydrogen) atoms. The summed E-state index contributed by atoms with van der Waals surface area (Å²) >= 11 is 0. The topological polar surface area (TPSA) is 30.5 Å². The Hall–Kier alpha value is -2.00. The van der Waals surface area contributed by atoms with Crippen molar-refractivity contribution < 1.29 is 9.47 Å². The fourth-order valence-corrected chi connectivity index (χ4v) is 2.44. The Morgan fingerprint density at radius 1 is 1.00 bits per heavy atom. The maximum absolute atomic E-state index is 5.52. The highest BCUT2D eigenvalue weighted by molar-refractivity contribution is 5.46. The Labute approximate surface area is 126 Å². The molecule has 0 saturated heterocycles. The number of methoxy groups -OCH3 is 2. The van der Waals surface area contributed by atoms with Crippen molar-refractivity contribution in [3.05, 3.63) is 59.2 Å². The molecule has 1 unspecified atom stereocenters. The van der Waals surface area contributed by atoms with Crippen LogP contribution in [0.2, 0.25) is 0 Å². The highest BCUT2D eigenvalue weighted by atomic mass is 16.5. The van der Waals surface area contributed by atoms with Gasteiger partial charge < -0.3 is 14.8 Å². The Bertz CT molecular complexity index is 578. The van der Waals surface area contributed by atoms with Gasteiger partial charge in [-0.25, -0.2) is 0 Å². The van der Waals surface area contributed by atoms with Crippen LogP contribution in [0.25, 0.3) is 0 Å². The Kier molecular flexibility index (Phi) is 5.23. The molecular weight excluding hydrogens is 262 g/mol. The number of hydrogen-bond donors (Lipinski definition) is 1. The summed E-state index contributed by atoms with van der Waals surface area (Å²) in [5, 5.41) is 3.53. The molecule has 0 heterocycles. The number of ether oxygens (including phenoxy) is 2. The van der Waals surface area contributed by atoms with Gasteiger partial charge in [-0.05, 0) is 37.2 Å². The van der Waals surface area contributed by atoms with Crippen LogP contribution in [-0.4, -0.2) is 20.8 Å². The van der Waals surface area contributed by atoms with Crippen LogP contribution < -0.4 is 14.8 Å². The minimum atomic E-state index is 0.0839. The highest BCUT2D eigenvalue weighted by Gasteiger charge is 2.18. The van der Waals surface area contributed by atoms with E-state index in [1.807, 2.05) is 18.2 Å². The van der Waals surface area contributed by atoms with E-state index < -0.39 is 0 Å². The van der Waals surface area contributed by atoms with Gasteiger partial charge in [-0.2, -0.15) is 0 Å². The van der Waals surface area contributed by atoms with Gasteiger partial charge in [0.1, 0.15) is 11.5 Å². The first-order valence-electron chi connectivity index (χ1n) is 7.21. The monoisotopic (exact) mass is 285 g/mol. The molecular formula is C18H23NO2. The van der Waals surface area contributed by atoms with Gasteiger partial charge in [-0.1, -0.05) is 36.8 Å². The van der Waals surface area contributed by atoms with Crippen LogP contribution in [0.15, 0.2) is 42.5 Å². The number of rotatable bonds is 6. The van der Waals surface area contributed by atoms with Crippen molar-refractivity contribution in [3.8, 4) is 11.5 Å². The van der Waals surface area contributed by atoms with E-state index in [-0.39, 0.29) is 6.04 Å². The van der Waals surface area contributed by atoms with Crippen molar-refractivity contribution in [2.24, 2.45) is 0 Å². The fraction of sp³-hybridized carbons (Fsp3) is 0.333. The molecule has 0 aliphatic rings. The molecule has 0 amide bonds. The molecule has 3 heteroatoms. The summed E-state index contributed by atoms with van der Waals surface area (Å²) in [4.78, 5) is 0. The van der Waals surface area contributed by atoms with Gasteiger partial charge in [0.25, 0.3) is 0 Å². The Balaban J connectivity index is 2.48. The molecule has 0 aliphatic heterocycles. The second kappa shape index (κ2) is 7.14. The van der Waals surface area contributed by atoms with Crippen molar-refractivity contribution in [1.29, 1.82) is 0 Å². The van der Waals surface area contributed by atoms with Crippen molar-refractivity contribution in [3.63, 3.8) is 0 Å². The van der Waals surface area contributed by atoms with Crippen molar-refractivity contribution in [2.75, 3.05) is 20.8 Å². The molecule has 0 aliphatic carbocycles. The van der Waals surface area contributed by atoms with Gasteiger partial charge in [0.2, 0.25) is 0 Å². The number of benzene rings is 2. The average Bonchev–Trinajstić information content (AvgIpc) is 2.53. The maximum atomic E-state index is 5.52. The van der Waals surface area contributed by atoms with Gasteiger partial charge >= 0.3 is 0 Å². The lowest BCUT2D eigenvalue weighted by molar-refractivity contribution is 0.394. The van der Waals surface area contributed by atoms with Crippen molar-refractivity contribution >= 4 is 0 Å². The maximum Gasteiger partial charge on any atom is 0.124 e. The van der Waals surface area contributed by atoms with Gasteiger partial charge in [0, 0.05) is 5.56 Å². The normalized spacial score (nSPS) is 12.0. The minimum absolute atomic E-state index is 0.0839. The lowest BCUT2D eigenvalue weighted by Crippen LogP contribution is -2.22. The van der Waals surface area contributed by atoms with Crippen LogP contribution in [0.1, 0.15) is 29.7 Å². The van der Waals surface area contributed by atoms with Crippen LogP contribution in [0.3, 0.4) is 0 Å². The molecule has 2 aromatic carbocycles. The van der Waals surface area contributed by atoms with Crippen LogP contribution in [0.5, 0.6) is 11.5 Å². The van der Waals surface area contributed by atoms with Crippen molar-refractivity contribution in [1.82, 2.24) is 5.32 Å². The van der Waals surface area contributed by atoms with E-state index in [2.05, 4.69) is 43.4 Å². The smallest absolute Gasteiger partial charge is 0.124 e. The zero-order valence-electron chi connectivity index (χ0n) is 13.1. The molecule has 2 rings (SSSR count). The standard InChI is InChI=1S/C18H23NO2/c1-5-19-18(14-8-6-13(2)7-9-14)16-12-15(20-3)10-11-17(16)21-4/h6-12,18-19H,5H2,1-4H3. The predicted octanol–water partition coefficient (Wildman–Crippen LogP) is 3.71. The quantitative estimate of drug-likeness (QED) is 0.877. The summed E-state index contributed by atoms with van der Waals surface area (Å²) < 4.78 is 10.9.